The van der Waals surface area contributed by atoms with Gasteiger partial charge in [0.05, 0.1) is 16.6 Å². The summed E-state index contributed by atoms with van der Waals surface area (Å²) < 4.78 is 2.20. The molecule has 4 nitrogen and oxygen atoms in total. The van der Waals surface area contributed by atoms with Crippen LogP contribution in [0.4, 0.5) is 0 Å². The van der Waals surface area contributed by atoms with Gasteiger partial charge in [-0.2, -0.15) is 0 Å². The molecule has 1 aliphatic carbocycles. The second kappa shape index (κ2) is 4.86. The Bertz CT molecular complexity index is 700. The lowest BCUT2D eigenvalue weighted by Gasteiger charge is -2.20. The Balaban J connectivity index is 2.22. The van der Waals surface area contributed by atoms with E-state index >= 15 is 0 Å². The maximum atomic E-state index is 11.6. The first kappa shape index (κ1) is 14.1. The number of hydrogen-bond acceptors (Lipinski definition) is 2. The lowest BCUT2D eigenvalue weighted by atomic mass is 9.92. The number of aryl methyl sites for hydroxylation is 1. The Morgan fingerprint density at radius 2 is 2.24 bits per heavy atom. The third kappa shape index (κ3) is 2.33. The van der Waals surface area contributed by atoms with Gasteiger partial charge in [0.15, 0.2) is 0 Å². The number of benzene rings is 1. The van der Waals surface area contributed by atoms with Crippen molar-refractivity contribution in [3.63, 3.8) is 0 Å². The molecule has 2 aromatic rings. The van der Waals surface area contributed by atoms with Crippen molar-refractivity contribution in [1.82, 2.24) is 9.55 Å². The Morgan fingerprint density at radius 3 is 2.81 bits per heavy atom. The maximum Gasteiger partial charge on any atom is 0.337 e. The van der Waals surface area contributed by atoms with Crippen LogP contribution >= 0.6 is 0 Å². The molecule has 1 unspecified atom stereocenters. The molecule has 4 heteroatoms. The zero-order valence-corrected chi connectivity index (χ0v) is 12.9. The SMILES string of the molecule is CCc1nc2cccc(C(=O)O)c2n1C1CCC(C)(C)C1. The molecule has 1 fully saturated rings. The van der Waals surface area contributed by atoms with Crippen LogP contribution in [0.2, 0.25) is 0 Å². The minimum absolute atomic E-state index is 0.324. The average molecular weight is 286 g/mol. The number of aromatic carboxylic acids is 1. The van der Waals surface area contributed by atoms with Gasteiger partial charge in [0.1, 0.15) is 5.82 Å². The first-order valence-corrected chi connectivity index (χ1v) is 7.66. The van der Waals surface area contributed by atoms with Gasteiger partial charge in [-0.3, -0.25) is 0 Å². The molecule has 0 aliphatic heterocycles. The van der Waals surface area contributed by atoms with E-state index in [9.17, 15) is 9.90 Å². The molecule has 112 valence electrons. The molecule has 3 rings (SSSR count). The monoisotopic (exact) mass is 286 g/mol. The highest BCUT2D eigenvalue weighted by Crippen LogP contribution is 2.45. The van der Waals surface area contributed by atoms with Gasteiger partial charge in [0.25, 0.3) is 0 Å². The predicted molar refractivity (Wildman–Crippen MR) is 82.7 cm³/mol. The van der Waals surface area contributed by atoms with E-state index in [2.05, 4.69) is 30.3 Å². The van der Waals surface area contributed by atoms with Crippen molar-refractivity contribution in [2.75, 3.05) is 0 Å². The van der Waals surface area contributed by atoms with Gasteiger partial charge < -0.3 is 9.67 Å². The van der Waals surface area contributed by atoms with Gasteiger partial charge in [-0.15, -0.1) is 0 Å². The van der Waals surface area contributed by atoms with Crippen molar-refractivity contribution < 1.29 is 9.90 Å². The third-order valence-electron chi connectivity index (χ3n) is 4.64. The van der Waals surface area contributed by atoms with Gasteiger partial charge in [0.2, 0.25) is 0 Å². The van der Waals surface area contributed by atoms with Crippen LogP contribution in [0.5, 0.6) is 0 Å². The largest absolute Gasteiger partial charge is 0.478 e. The highest BCUT2D eigenvalue weighted by molar-refractivity contribution is 6.01. The van der Waals surface area contributed by atoms with E-state index in [1.807, 2.05) is 6.07 Å². The zero-order chi connectivity index (χ0) is 15.2. The molecule has 0 bridgehead atoms. The molecular formula is C17H22N2O2. The zero-order valence-electron chi connectivity index (χ0n) is 12.9. The van der Waals surface area contributed by atoms with Gasteiger partial charge >= 0.3 is 5.97 Å². The van der Waals surface area contributed by atoms with Crippen LogP contribution in [-0.2, 0) is 6.42 Å². The highest BCUT2D eigenvalue weighted by atomic mass is 16.4. The number of carboxylic acid groups (broad SMARTS) is 1. The number of fused-ring (bicyclic) bond motifs is 1. The average Bonchev–Trinajstić information content (AvgIpc) is 2.97. The van der Waals surface area contributed by atoms with Crippen LogP contribution in [0.15, 0.2) is 18.2 Å². The summed E-state index contributed by atoms with van der Waals surface area (Å²) in [5.41, 5.74) is 2.29. The minimum Gasteiger partial charge on any atom is -0.478 e. The van der Waals surface area contributed by atoms with Crippen LogP contribution in [0.3, 0.4) is 0 Å². The molecule has 1 aromatic carbocycles. The van der Waals surface area contributed by atoms with Crippen molar-refractivity contribution >= 4 is 17.0 Å². The number of imidazole rings is 1. The number of aromatic nitrogens is 2. The maximum absolute atomic E-state index is 11.6. The van der Waals surface area contributed by atoms with Gasteiger partial charge in [0, 0.05) is 12.5 Å². The molecule has 1 saturated carbocycles. The summed E-state index contributed by atoms with van der Waals surface area (Å²) >= 11 is 0. The first-order chi connectivity index (χ1) is 9.93. The van der Waals surface area contributed by atoms with Crippen LogP contribution in [-0.4, -0.2) is 20.6 Å². The standard InChI is InChI=1S/C17H22N2O2/c1-4-14-18-13-7-5-6-12(16(20)21)15(13)19(14)11-8-9-17(2,3)10-11/h5-7,11H,4,8-10H2,1-3H3,(H,20,21). The number of nitrogens with zero attached hydrogens (tertiary/aromatic N) is 2. The van der Waals surface area contributed by atoms with Crippen molar-refractivity contribution in [2.24, 2.45) is 5.41 Å². The van der Waals surface area contributed by atoms with Gasteiger partial charge in [-0.05, 0) is 36.8 Å². The minimum atomic E-state index is -0.873. The van der Waals surface area contributed by atoms with Crippen LogP contribution in [0.1, 0.15) is 62.3 Å². The summed E-state index contributed by atoms with van der Waals surface area (Å²) in [5.74, 6) is 0.128. The van der Waals surface area contributed by atoms with Crippen molar-refractivity contribution in [3.05, 3.63) is 29.6 Å². The number of rotatable bonds is 3. The van der Waals surface area contributed by atoms with Crippen LogP contribution in [0.25, 0.3) is 11.0 Å². The van der Waals surface area contributed by atoms with Crippen molar-refractivity contribution in [2.45, 2.75) is 52.5 Å². The highest BCUT2D eigenvalue weighted by Gasteiger charge is 2.34. The topological polar surface area (TPSA) is 55.1 Å². The summed E-state index contributed by atoms with van der Waals surface area (Å²) in [7, 11) is 0. The van der Waals surface area contributed by atoms with E-state index < -0.39 is 5.97 Å². The summed E-state index contributed by atoms with van der Waals surface area (Å²) in [4.78, 5) is 16.2. The normalized spacial score (nSPS) is 21.0. The molecule has 0 saturated heterocycles. The smallest absolute Gasteiger partial charge is 0.337 e. The molecule has 1 aliphatic rings. The van der Waals surface area contributed by atoms with E-state index in [-0.39, 0.29) is 0 Å². The van der Waals surface area contributed by atoms with E-state index in [0.29, 0.717) is 17.0 Å². The Morgan fingerprint density at radius 1 is 1.48 bits per heavy atom. The molecule has 0 amide bonds. The molecule has 1 N–H and O–H groups in total. The van der Waals surface area contributed by atoms with Gasteiger partial charge in [-0.25, -0.2) is 9.78 Å². The van der Waals surface area contributed by atoms with E-state index in [0.717, 1.165) is 36.1 Å². The fraction of sp³-hybridized carbons (Fsp3) is 0.529. The Hall–Kier alpha value is -1.84. The molecule has 1 atom stereocenters. The molecule has 21 heavy (non-hydrogen) atoms. The van der Waals surface area contributed by atoms with Crippen molar-refractivity contribution in [3.8, 4) is 0 Å². The number of hydrogen-bond donors (Lipinski definition) is 1. The predicted octanol–water partition coefficient (Wildman–Crippen LogP) is 4.05. The molecule has 1 aromatic heterocycles. The Kier molecular flexibility index (Phi) is 3.27. The lowest BCUT2D eigenvalue weighted by molar-refractivity contribution is 0.0698. The number of carbonyl (C=O) groups is 1. The van der Waals surface area contributed by atoms with E-state index in [1.165, 1.54) is 6.42 Å². The third-order valence-corrected chi connectivity index (χ3v) is 4.64. The number of para-hydroxylation sites is 1. The van der Waals surface area contributed by atoms with E-state index in [1.54, 1.807) is 12.1 Å². The first-order valence-electron chi connectivity index (χ1n) is 7.66. The molecule has 1 heterocycles. The molecular weight excluding hydrogens is 264 g/mol. The number of carboxylic acids is 1. The summed E-state index contributed by atoms with van der Waals surface area (Å²) in [6, 6.07) is 5.74. The summed E-state index contributed by atoms with van der Waals surface area (Å²) in [6.07, 6.45) is 4.18. The van der Waals surface area contributed by atoms with Crippen LogP contribution < -0.4 is 0 Å². The summed E-state index contributed by atoms with van der Waals surface area (Å²) in [6.45, 7) is 6.66. The van der Waals surface area contributed by atoms with Gasteiger partial charge in [-0.1, -0.05) is 26.8 Å². The Labute approximate surface area is 124 Å². The van der Waals surface area contributed by atoms with E-state index in [4.69, 9.17) is 0 Å². The molecule has 0 spiro atoms. The lowest BCUT2D eigenvalue weighted by Crippen LogP contribution is -2.13. The fourth-order valence-electron chi connectivity index (χ4n) is 3.63. The second-order valence-corrected chi connectivity index (χ2v) is 6.79. The van der Waals surface area contributed by atoms with Crippen molar-refractivity contribution in [1.29, 1.82) is 0 Å². The quantitative estimate of drug-likeness (QED) is 0.926. The van der Waals surface area contributed by atoms with Crippen LogP contribution in [0, 0.1) is 5.41 Å². The molecule has 0 radical (unpaired) electrons. The summed E-state index contributed by atoms with van der Waals surface area (Å²) in [5, 5.41) is 9.49. The fourth-order valence-corrected chi connectivity index (χ4v) is 3.63. The second-order valence-electron chi connectivity index (χ2n) is 6.79.